The van der Waals surface area contributed by atoms with Crippen molar-refractivity contribution < 1.29 is 9.53 Å². The van der Waals surface area contributed by atoms with Gasteiger partial charge in [0.2, 0.25) is 0 Å². The molecule has 0 spiro atoms. The molecule has 0 saturated heterocycles. The first-order valence-electron chi connectivity index (χ1n) is 7.90. The topological polar surface area (TPSA) is 30.7 Å². The average Bonchev–Trinajstić information content (AvgIpc) is 3.14. The molecule has 4 rings (SSSR count). The van der Waals surface area contributed by atoms with E-state index in [0.717, 1.165) is 27.7 Å². The summed E-state index contributed by atoms with van der Waals surface area (Å²) >= 11 is 6.02. The summed E-state index contributed by atoms with van der Waals surface area (Å²) in [5, 5.41) is 0.692. The quantitative estimate of drug-likeness (QED) is 0.473. The SMILES string of the molecule is CCOC(=O)c1cc2ccc(C)c3cc(-c4ccc(Cl)cc4)c1n23. The molecule has 0 aliphatic heterocycles. The lowest BCUT2D eigenvalue weighted by Crippen LogP contribution is -2.03. The van der Waals surface area contributed by atoms with Crippen molar-refractivity contribution in [3.63, 3.8) is 0 Å². The van der Waals surface area contributed by atoms with Crippen LogP contribution in [0.4, 0.5) is 0 Å². The van der Waals surface area contributed by atoms with Crippen LogP contribution in [0.15, 0.2) is 48.5 Å². The van der Waals surface area contributed by atoms with Gasteiger partial charge in [0, 0.05) is 21.6 Å². The number of benzene rings is 1. The number of halogens is 1. The lowest BCUT2D eigenvalue weighted by molar-refractivity contribution is 0.0529. The van der Waals surface area contributed by atoms with Gasteiger partial charge in [0.15, 0.2) is 0 Å². The van der Waals surface area contributed by atoms with E-state index in [1.165, 1.54) is 5.56 Å². The smallest absolute Gasteiger partial charge is 0.340 e. The lowest BCUT2D eigenvalue weighted by atomic mass is 10.0. The minimum absolute atomic E-state index is 0.290. The number of carbonyl (C=O) groups is 1. The molecule has 0 saturated carbocycles. The molecule has 24 heavy (non-hydrogen) atoms. The first-order chi connectivity index (χ1) is 11.6. The van der Waals surface area contributed by atoms with E-state index >= 15 is 0 Å². The van der Waals surface area contributed by atoms with Crippen LogP contribution in [0, 0.1) is 6.92 Å². The van der Waals surface area contributed by atoms with Gasteiger partial charge < -0.3 is 9.14 Å². The Balaban J connectivity index is 2.07. The van der Waals surface area contributed by atoms with Gasteiger partial charge in [-0.3, -0.25) is 0 Å². The zero-order chi connectivity index (χ0) is 16.8. The number of nitrogens with zero attached hydrogens (tertiary/aromatic N) is 1. The molecule has 4 aromatic rings. The standard InChI is InChI=1S/C20H16ClNO2/c1-3-24-20(23)17-10-15-9-4-12(2)18-11-16(19(17)22(15)18)13-5-7-14(21)8-6-13/h4-11H,3H2,1-2H3. The maximum Gasteiger partial charge on any atom is 0.340 e. The van der Waals surface area contributed by atoms with Gasteiger partial charge in [0.25, 0.3) is 0 Å². The van der Waals surface area contributed by atoms with Gasteiger partial charge in [0.1, 0.15) is 0 Å². The van der Waals surface area contributed by atoms with Gasteiger partial charge in [-0.2, -0.15) is 0 Å². The van der Waals surface area contributed by atoms with E-state index in [0.29, 0.717) is 17.2 Å². The van der Waals surface area contributed by atoms with E-state index in [-0.39, 0.29) is 5.97 Å². The summed E-state index contributed by atoms with van der Waals surface area (Å²) in [7, 11) is 0. The first-order valence-corrected chi connectivity index (χ1v) is 8.28. The van der Waals surface area contributed by atoms with E-state index in [1.807, 2.05) is 43.3 Å². The molecule has 0 aliphatic rings. The van der Waals surface area contributed by atoms with Crippen molar-refractivity contribution >= 4 is 34.1 Å². The molecule has 0 fully saturated rings. The minimum atomic E-state index is -0.290. The molecule has 120 valence electrons. The predicted molar refractivity (Wildman–Crippen MR) is 97.2 cm³/mol. The number of rotatable bonds is 3. The highest BCUT2D eigenvalue weighted by Gasteiger charge is 2.22. The van der Waals surface area contributed by atoms with Crippen molar-refractivity contribution in [1.82, 2.24) is 4.40 Å². The fourth-order valence-electron chi connectivity index (χ4n) is 3.25. The van der Waals surface area contributed by atoms with Crippen LogP contribution in [-0.4, -0.2) is 17.0 Å². The van der Waals surface area contributed by atoms with Crippen LogP contribution < -0.4 is 0 Å². The highest BCUT2D eigenvalue weighted by Crippen LogP contribution is 2.36. The van der Waals surface area contributed by atoms with Gasteiger partial charge in [0.05, 0.1) is 17.7 Å². The monoisotopic (exact) mass is 337 g/mol. The third-order valence-corrected chi connectivity index (χ3v) is 4.62. The van der Waals surface area contributed by atoms with Gasteiger partial charge in [-0.05, 0) is 55.3 Å². The Morgan fingerprint density at radius 1 is 1.12 bits per heavy atom. The second-order valence-corrected chi connectivity index (χ2v) is 6.29. The fraction of sp³-hybridized carbons (Fsp3) is 0.150. The molecule has 0 bridgehead atoms. The Hall–Kier alpha value is -2.52. The highest BCUT2D eigenvalue weighted by molar-refractivity contribution is 6.30. The lowest BCUT2D eigenvalue weighted by Gasteiger charge is -2.03. The molecule has 0 unspecified atom stereocenters. The predicted octanol–water partition coefficient (Wildman–Crippen LogP) is 5.34. The second-order valence-electron chi connectivity index (χ2n) is 5.85. The van der Waals surface area contributed by atoms with Crippen LogP contribution in [0.25, 0.3) is 27.7 Å². The van der Waals surface area contributed by atoms with Crippen LogP contribution in [-0.2, 0) is 4.74 Å². The molecule has 3 nitrogen and oxygen atoms in total. The van der Waals surface area contributed by atoms with Crippen molar-refractivity contribution in [3.05, 3.63) is 64.7 Å². The molecular weight excluding hydrogens is 322 g/mol. The molecule has 3 heterocycles. The molecule has 0 amide bonds. The number of esters is 1. The van der Waals surface area contributed by atoms with Crippen molar-refractivity contribution in [1.29, 1.82) is 0 Å². The summed E-state index contributed by atoms with van der Waals surface area (Å²) in [5.41, 5.74) is 6.79. The van der Waals surface area contributed by atoms with Crippen molar-refractivity contribution in [3.8, 4) is 11.1 Å². The van der Waals surface area contributed by atoms with Crippen LogP contribution >= 0.6 is 11.6 Å². The normalized spacial score (nSPS) is 11.5. The van der Waals surface area contributed by atoms with Crippen molar-refractivity contribution in [2.24, 2.45) is 0 Å². The molecule has 1 aromatic carbocycles. The number of aryl methyl sites for hydroxylation is 1. The minimum Gasteiger partial charge on any atom is -0.462 e. The Labute approximate surface area is 144 Å². The fourth-order valence-corrected chi connectivity index (χ4v) is 3.37. The third kappa shape index (κ3) is 2.16. The van der Waals surface area contributed by atoms with Crippen molar-refractivity contribution in [2.75, 3.05) is 6.61 Å². The Morgan fingerprint density at radius 3 is 2.58 bits per heavy atom. The summed E-state index contributed by atoms with van der Waals surface area (Å²) in [6, 6.07) is 15.8. The maximum atomic E-state index is 12.4. The van der Waals surface area contributed by atoms with Gasteiger partial charge in [-0.15, -0.1) is 0 Å². The van der Waals surface area contributed by atoms with Crippen LogP contribution in [0.1, 0.15) is 22.8 Å². The number of aromatic nitrogens is 1. The largest absolute Gasteiger partial charge is 0.462 e. The number of hydrogen-bond donors (Lipinski definition) is 0. The summed E-state index contributed by atoms with van der Waals surface area (Å²) in [6.07, 6.45) is 0. The van der Waals surface area contributed by atoms with Crippen molar-refractivity contribution in [2.45, 2.75) is 13.8 Å². The maximum absolute atomic E-state index is 12.4. The number of carbonyl (C=O) groups excluding carboxylic acids is 1. The second kappa shape index (κ2) is 5.53. The van der Waals surface area contributed by atoms with Crippen LogP contribution in [0.2, 0.25) is 5.02 Å². The summed E-state index contributed by atoms with van der Waals surface area (Å²) in [4.78, 5) is 12.4. The number of pyridine rings is 1. The Kier molecular flexibility index (Phi) is 3.47. The molecule has 0 N–H and O–H groups in total. The van der Waals surface area contributed by atoms with E-state index < -0.39 is 0 Å². The van der Waals surface area contributed by atoms with Crippen LogP contribution in [0.5, 0.6) is 0 Å². The van der Waals surface area contributed by atoms with Gasteiger partial charge in [-0.1, -0.05) is 29.8 Å². The number of hydrogen-bond acceptors (Lipinski definition) is 2. The molecule has 4 heteroatoms. The zero-order valence-corrected chi connectivity index (χ0v) is 14.2. The van der Waals surface area contributed by atoms with E-state index in [1.54, 1.807) is 0 Å². The first kappa shape index (κ1) is 15.0. The molecule has 0 radical (unpaired) electrons. The van der Waals surface area contributed by atoms with Crippen LogP contribution in [0.3, 0.4) is 0 Å². The van der Waals surface area contributed by atoms with E-state index in [2.05, 4.69) is 23.5 Å². The molecule has 0 aliphatic carbocycles. The van der Waals surface area contributed by atoms with Gasteiger partial charge >= 0.3 is 5.97 Å². The van der Waals surface area contributed by atoms with Gasteiger partial charge in [-0.25, -0.2) is 4.79 Å². The zero-order valence-electron chi connectivity index (χ0n) is 13.5. The molecule has 3 aromatic heterocycles. The average molecular weight is 338 g/mol. The Bertz CT molecular complexity index is 1050. The Morgan fingerprint density at radius 2 is 1.88 bits per heavy atom. The summed E-state index contributed by atoms with van der Waals surface area (Å²) in [5.74, 6) is -0.290. The highest BCUT2D eigenvalue weighted by atomic mass is 35.5. The van der Waals surface area contributed by atoms with E-state index in [4.69, 9.17) is 16.3 Å². The number of ether oxygens (including phenoxy) is 1. The molecule has 0 atom stereocenters. The summed E-state index contributed by atoms with van der Waals surface area (Å²) < 4.78 is 7.39. The molecular formula is C20H16ClNO2. The summed E-state index contributed by atoms with van der Waals surface area (Å²) in [6.45, 7) is 4.25. The third-order valence-electron chi connectivity index (χ3n) is 4.36. The van der Waals surface area contributed by atoms with E-state index in [9.17, 15) is 4.79 Å².